The van der Waals surface area contributed by atoms with E-state index < -0.39 is 0 Å². The number of benzene rings is 1. The summed E-state index contributed by atoms with van der Waals surface area (Å²) in [6, 6.07) is 10.5. The monoisotopic (exact) mass is 377 g/mol. The number of hydrogen-bond donors (Lipinski definition) is 1. The van der Waals surface area contributed by atoms with Gasteiger partial charge in [0.15, 0.2) is 5.82 Å². The molecule has 0 fully saturated rings. The molecule has 0 saturated heterocycles. The summed E-state index contributed by atoms with van der Waals surface area (Å²) in [7, 11) is 0. The van der Waals surface area contributed by atoms with Gasteiger partial charge in [-0.2, -0.15) is 5.10 Å². The average Bonchev–Trinajstić information content (AvgIpc) is 3.39. The Morgan fingerprint density at radius 1 is 1.21 bits per heavy atom. The number of aromatic nitrogens is 4. The van der Waals surface area contributed by atoms with Crippen LogP contribution in [0.25, 0.3) is 28.6 Å². The molecule has 1 aliphatic heterocycles. The fourth-order valence-electron chi connectivity index (χ4n) is 3.61. The van der Waals surface area contributed by atoms with Crippen LogP contribution in [-0.4, -0.2) is 37.7 Å². The maximum Gasteiger partial charge on any atom is 0.159 e. The van der Waals surface area contributed by atoms with Gasteiger partial charge >= 0.3 is 0 Å². The van der Waals surface area contributed by atoms with Gasteiger partial charge in [0.2, 0.25) is 0 Å². The first kappa shape index (κ1) is 16.9. The third kappa shape index (κ3) is 3.36. The minimum absolute atomic E-state index is 0.276. The van der Waals surface area contributed by atoms with Gasteiger partial charge in [-0.05, 0) is 48.9 Å². The van der Waals surface area contributed by atoms with E-state index in [-0.39, 0.29) is 5.82 Å². The highest BCUT2D eigenvalue weighted by atomic mass is 19.1. The molecule has 0 bridgehead atoms. The van der Waals surface area contributed by atoms with Crippen LogP contribution in [0, 0.1) is 5.82 Å². The first-order valence-corrected chi connectivity index (χ1v) is 9.39. The van der Waals surface area contributed by atoms with Gasteiger partial charge < -0.3 is 9.40 Å². The molecular weight excluding hydrogens is 357 g/mol. The third-order valence-corrected chi connectivity index (χ3v) is 4.97. The van der Waals surface area contributed by atoms with Gasteiger partial charge in [-0.3, -0.25) is 9.58 Å². The lowest BCUT2D eigenvalue weighted by Crippen LogP contribution is -2.23. The predicted molar refractivity (Wildman–Crippen MR) is 105 cm³/mol. The maximum atomic E-state index is 13.4. The zero-order valence-corrected chi connectivity index (χ0v) is 15.3. The topological polar surface area (TPSA) is 62.9 Å². The van der Waals surface area contributed by atoms with Crippen LogP contribution in [0.5, 0.6) is 0 Å². The molecule has 142 valence electrons. The fraction of sp³-hybridized carbons (Fsp3) is 0.238. The normalized spacial score (nSPS) is 15.3. The van der Waals surface area contributed by atoms with Crippen molar-refractivity contribution in [1.29, 1.82) is 0 Å². The van der Waals surface area contributed by atoms with Crippen LogP contribution in [0.1, 0.15) is 17.9 Å². The predicted octanol–water partition coefficient (Wildman–Crippen LogP) is 4.08. The van der Waals surface area contributed by atoms with Crippen LogP contribution in [0.2, 0.25) is 0 Å². The minimum atomic E-state index is -0.276. The van der Waals surface area contributed by atoms with Crippen molar-refractivity contribution in [3.05, 3.63) is 66.0 Å². The van der Waals surface area contributed by atoms with Crippen molar-refractivity contribution < 1.29 is 8.81 Å². The molecule has 0 spiro atoms. The zero-order valence-electron chi connectivity index (χ0n) is 15.3. The number of fused-ring (bicyclic) bond motifs is 2. The van der Waals surface area contributed by atoms with E-state index in [0.717, 1.165) is 55.3 Å². The van der Waals surface area contributed by atoms with Crippen molar-refractivity contribution in [3.8, 4) is 11.5 Å². The van der Waals surface area contributed by atoms with E-state index in [1.807, 2.05) is 18.2 Å². The molecule has 0 amide bonds. The number of imidazole rings is 1. The van der Waals surface area contributed by atoms with Crippen LogP contribution in [-0.2, 0) is 13.1 Å². The number of H-pyrrole nitrogens is 1. The molecular formula is C21H20FN5O. The van der Waals surface area contributed by atoms with E-state index in [2.05, 4.69) is 31.7 Å². The SMILES string of the molecule is Fc1ccc2nc(-c3cc4n(n3)CCCN(C/C=C/c3ccco3)C4)[nH]c2c1. The summed E-state index contributed by atoms with van der Waals surface area (Å²) in [5.41, 5.74) is 3.37. The summed E-state index contributed by atoms with van der Waals surface area (Å²) in [6.07, 6.45) is 6.84. The molecule has 0 aliphatic carbocycles. The smallest absolute Gasteiger partial charge is 0.159 e. The Hall–Kier alpha value is -3.19. The van der Waals surface area contributed by atoms with Crippen molar-refractivity contribution in [2.24, 2.45) is 0 Å². The maximum absolute atomic E-state index is 13.4. The van der Waals surface area contributed by atoms with Crippen molar-refractivity contribution >= 4 is 17.1 Å². The van der Waals surface area contributed by atoms with Crippen LogP contribution in [0.3, 0.4) is 0 Å². The Balaban J connectivity index is 1.35. The van der Waals surface area contributed by atoms with Gasteiger partial charge in [0, 0.05) is 26.2 Å². The summed E-state index contributed by atoms with van der Waals surface area (Å²) in [6.45, 7) is 3.57. The molecule has 4 heterocycles. The number of rotatable bonds is 4. The van der Waals surface area contributed by atoms with E-state index in [9.17, 15) is 4.39 Å². The van der Waals surface area contributed by atoms with Gasteiger partial charge in [0.1, 0.15) is 17.3 Å². The Morgan fingerprint density at radius 3 is 3.07 bits per heavy atom. The molecule has 0 unspecified atom stereocenters. The number of aromatic amines is 1. The minimum Gasteiger partial charge on any atom is -0.465 e. The highest BCUT2D eigenvalue weighted by Gasteiger charge is 2.18. The van der Waals surface area contributed by atoms with Gasteiger partial charge in [-0.25, -0.2) is 9.37 Å². The van der Waals surface area contributed by atoms with Crippen LogP contribution < -0.4 is 0 Å². The van der Waals surface area contributed by atoms with Gasteiger partial charge in [-0.15, -0.1) is 0 Å². The van der Waals surface area contributed by atoms with E-state index in [1.54, 1.807) is 12.3 Å². The molecule has 0 radical (unpaired) electrons. The molecule has 1 aromatic carbocycles. The zero-order chi connectivity index (χ0) is 18.9. The molecule has 6 nitrogen and oxygen atoms in total. The van der Waals surface area contributed by atoms with Gasteiger partial charge in [0.25, 0.3) is 0 Å². The van der Waals surface area contributed by atoms with Crippen LogP contribution >= 0.6 is 0 Å². The Bertz CT molecular complexity index is 1130. The standard InChI is InChI=1S/C21H20FN5O/c22-15-6-7-18-19(12-15)24-21(23-18)20-13-16-14-26(9-3-10-27(16)25-20)8-1-4-17-5-2-11-28-17/h1-2,4-7,11-13H,3,8-10,14H2,(H,23,24)/b4-1+. The highest BCUT2D eigenvalue weighted by Crippen LogP contribution is 2.23. The molecule has 28 heavy (non-hydrogen) atoms. The third-order valence-electron chi connectivity index (χ3n) is 4.97. The molecule has 0 atom stereocenters. The largest absolute Gasteiger partial charge is 0.465 e. The number of aryl methyl sites for hydroxylation is 1. The summed E-state index contributed by atoms with van der Waals surface area (Å²) < 4.78 is 20.8. The number of halogens is 1. The number of nitrogens with zero attached hydrogens (tertiary/aromatic N) is 4. The van der Waals surface area contributed by atoms with E-state index >= 15 is 0 Å². The molecule has 1 N–H and O–H groups in total. The van der Waals surface area contributed by atoms with Crippen molar-refractivity contribution in [2.45, 2.75) is 19.5 Å². The lowest BCUT2D eigenvalue weighted by atomic mass is 10.3. The quantitative estimate of drug-likeness (QED) is 0.582. The summed E-state index contributed by atoms with van der Waals surface area (Å²) in [5, 5.41) is 4.72. The highest BCUT2D eigenvalue weighted by molar-refractivity contribution is 5.78. The molecule has 5 rings (SSSR count). The molecule has 4 aromatic rings. The molecule has 3 aromatic heterocycles. The fourth-order valence-corrected chi connectivity index (χ4v) is 3.61. The lowest BCUT2D eigenvalue weighted by Gasteiger charge is -2.16. The average molecular weight is 377 g/mol. The lowest BCUT2D eigenvalue weighted by molar-refractivity contribution is 0.299. The molecule has 0 saturated carbocycles. The number of furan rings is 1. The van der Waals surface area contributed by atoms with E-state index in [0.29, 0.717) is 11.3 Å². The van der Waals surface area contributed by atoms with E-state index in [4.69, 9.17) is 9.52 Å². The second-order valence-electron chi connectivity index (χ2n) is 7.00. The van der Waals surface area contributed by atoms with Crippen molar-refractivity contribution in [1.82, 2.24) is 24.6 Å². The number of nitrogens with one attached hydrogen (secondary N) is 1. The molecule has 7 heteroatoms. The summed E-state index contributed by atoms with van der Waals surface area (Å²) in [5.74, 6) is 1.26. The summed E-state index contributed by atoms with van der Waals surface area (Å²) >= 11 is 0. The van der Waals surface area contributed by atoms with Gasteiger partial charge in [0.05, 0.1) is 23.0 Å². The Morgan fingerprint density at radius 2 is 2.18 bits per heavy atom. The second kappa shape index (κ2) is 7.09. The Kier molecular flexibility index (Phi) is 4.29. The second-order valence-corrected chi connectivity index (χ2v) is 7.00. The van der Waals surface area contributed by atoms with E-state index in [1.165, 1.54) is 12.1 Å². The first-order chi connectivity index (χ1) is 13.7. The van der Waals surface area contributed by atoms with Gasteiger partial charge in [-0.1, -0.05) is 6.08 Å². The summed E-state index contributed by atoms with van der Waals surface area (Å²) in [4.78, 5) is 10.1. The van der Waals surface area contributed by atoms with Crippen LogP contribution in [0.15, 0.2) is 53.2 Å². The Labute approximate surface area is 161 Å². The number of hydrogen-bond acceptors (Lipinski definition) is 4. The van der Waals surface area contributed by atoms with Crippen LogP contribution in [0.4, 0.5) is 4.39 Å². The first-order valence-electron chi connectivity index (χ1n) is 9.39. The van der Waals surface area contributed by atoms with Crippen molar-refractivity contribution in [3.63, 3.8) is 0 Å². The van der Waals surface area contributed by atoms with Crippen molar-refractivity contribution in [2.75, 3.05) is 13.1 Å². The molecule has 1 aliphatic rings.